The van der Waals surface area contributed by atoms with E-state index in [9.17, 15) is 9.18 Å². The number of benzene rings is 1. The standard InChI is InChI=1S/C14H13BrFN3O/c1-19(13-7-10(15)2-3-11(13)16)14(20)12-6-9(8-17)4-5-18-12/h2-7H,8,17H2,1H3. The lowest BCUT2D eigenvalue weighted by Crippen LogP contribution is -2.28. The smallest absolute Gasteiger partial charge is 0.276 e. The molecule has 0 aliphatic carbocycles. The first-order chi connectivity index (χ1) is 9.52. The molecule has 4 nitrogen and oxygen atoms in total. The van der Waals surface area contributed by atoms with E-state index in [0.29, 0.717) is 11.0 Å². The lowest BCUT2D eigenvalue weighted by Gasteiger charge is -2.18. The van der Waals surface area contributed by atoms with Gasteiger partial charge in [-0.25, -0.2) is 4.39 Å². The zero-order chi connectivity index (χ0) is 14.7. The lowest BCUT2D eigenvalue weighted by atomic mass is 10.2. The third-order valence-corrected chi connectivity index (χ3v) is 3.35. The monoisotopic (exact) mass is 337 g/mol. The highest BCUT2D eigenvalue weighted by Gasteiger charge is 2.18. The van der Waals surface area contributed by atoms with E-state index in [4.69, 9.17) is 5.73 Å². The fraction of sp³-hybridized carbons (Fsp3) is 0.143. The summed E-state index contributed by atoms with van der Waals surface area (Å²) in [4.78, 5) is 17.5. The summed E-state index contributed by atoms with van der Waals surface area (Å²) in [5.41, 5.74) is 6.74. The van der Waals surface area contributed by atoms with Crippen molar-refractivity contribution in [3.63, 3.8) is 0 Å². The number of nitrogens with two attached hydrogens (primary N) is 1. The van der Waals surface area contributed by atoms with Crippen LogP contribution < -0.4 is 10.6 Å². The van der Waals surface area contributed by atoms with Gasteiger partial charge in [0.1, 0.15) is 11.5 Å². The fourth-order valence-corrected chi connectivity index (χ4v) is 2.09. The van der Waals surface area contributed by atoms with Crippen LogP contribution in [0, 0.1) is 5.82 Å². The van der Waals surface area contributed by atoms with E-state index in [1.807, 2.05) is 0 Å². The number of pyridine rings is 1. The summed E-state index contributed by atoms with van der Waals surface area (Å²) < 4.78 is 14.5. The SMILES string of the molecule is CN(C(=O)c1cc(CN)ccn1)c1cc(Br)ccc1F. The molecule has 104 valence electrons. The van der Waals surface area contributed by atoms with Crippen molar-refractivity contribution >= 4 is 27.5 Å². The van der Waals surface area contributed by atoms with Crippen LogP contribution in [0.15, 0.2) is 41.0 Å². The number of rotatable bonds is 3. The van der Waals surface area contributed by atoms with Gasteiger partial charge >= 0.3 is 0 Å². The van der Waals surface area contributed by atoms with Crippen molar-refractivity contribution in [2.24, 2.45) is 5.73 Å². The topological polar surface area (TPSA) is 59.2 Å². The number of nitrogens with zero attached hydrogens (tertiary/aromatic N) is 2. The number of halogens is 2. The Balaban J connectivity index is 2.34. The van der Waals surface area contributed by atoms with Crippen LogP contribution >= 0.6 is 15.9 Å². The van der Waals surface area contributed by atoms with Gasteiger partial charge in [0, 0.05) is 24.3 Å². The first-order valence-electron chi connectivity index (χ1n) is 5.91. The van der Waals surface area contributed by atoms with Crippen molar-refractivity contribution in [3.05, 3.63) is 58.1 Å². The van der Waals surface area contributed by atoms with Crippen molar-refractivity contribution < 1.29 is 9.18 Å². The molecule has 0 bridgehead atoms. The summed E-state index contributed by atoms with van der Waals surface area (Å²) >= 11 is 3.26. The Labute approximate surface area is 124 Å². The van der Waals surface area contributed by atoms with Crippen molar-refractivity contribution in [1.82, 2.24) is 4.98 Å². The van der Waals surface area contributed by atoms with Gasteiger partial charge in [-0.05, 0) is 35.9 Å². The minimum absolute atomic E-state index is 0.185. The maximum atomic E-state index is 13.8. The van der Waals surface area contributed by atoms with E-state index in [0.717, 1.165) is 5.56 Å². The average Bonchev–Trinajstić information content (AvgIpc) is 2.48. The predicted octanol–water partition coefficient (Wildman–Crippen LogP) is 2.72. The quantitative estimate of drug-likeness (QED) is 0.936. The lowest BCUT2D eigenvalue weighted by molar-refractivity contribution is 0.0987. The van der Waals surface area contributed by atoms with Gasteiger partial charge in [-0.3, -0.25) is 9.78 Å². The molecule has 0 aliphatic heterocycles. The second kappa shape index (κ2) is 6.11. The number of hydrogen-bond donors (Lipinski definition) is 1. The second-order valence-corrected chi connectivity index (χ2v) is 5.13. The van der Waals surface area contributed by atoms with E-state index in [-0.39, 0.29) is 11.4 Å². The van der Waals surface area contributed by atoms with E-state index in [2.05, 4.69) is 20.9 Å². The molecule has 1 aromatic heterocycles. The summed E-state index contributed by atoms with van der Waals surface area (Å²) in [7, 11) is 1.50. The van der Waals surface area contributed by atoms with Crippen molar-refractivity contribution in [3.8, 4) is 0 Å². The molecule has 1 amide bonds. The highest BCUT2D eigenvalue weighted by atomic mass is 79.9. The van der Waals surface area contributed by atoms with Crippen LogP contribution in [0.5, 0.6) is 0 Å². The predicted molar refractivity (Wildman–Crippen MR) is 79.0 cm³/mol. The molecule has 0 saturated carbocycles. The molecule has 0 atom stereocenters. The zero-order valence-corrected chi connectivity index (χ0v) is 12.4. The first kappa shape index (κ1) is 14.6. The molecule has 2 aromatic rings. The Hall–Kier alpha value is -1.79. The molecule has 0 saturated heterocycles. The zero-order valence-electron chi connectivity index (χ0n) is 10.8. The van der Waals surface area contributed by atoms with Crippen molar-refractivity contribution in [2.75, 3.05) is 11.9 Å². The number of aromatic nitrogens is 1. The van der Waals surface area contributed by atoms with Gasteiger partial charge in [-0.15, -0.1) is 0 Å². The minimum atomic E-state index is -0.473. The third kappa shape index (κ3) is 3.02. The number of anilines is 1. The molecule has 1 heterocycles. The van der Waals surface area contributed by atoms with E-state index < -0.39 is 11.7 Å². The number of hydrogen-bond acceptors (Lipinski definition) is 3. The second-order valence-electron chi connectivity index (χ2n) is 4.21. The van der Waals surface area contributed by atoms with Gasteiger partial charge in [0.25, 0.3) is 5.91 Å². The van der Waals surface area contributed by atoms with Crippen molar-refractivity contribution in [1.29, 1.82) is 0 Å². The Morgan fingerprint density at radius 2 is 2.15 bits per heavy atom. The summed E-state index contributed by atoms with van der Waals surface area (Å²) in [5, 5.41) is 0. The Morgan fingerprint density at radius 1 is 1.40 bits per heavy atom. The molecule has 0 spiro atoms. The van der Waals surface area contributed by atoms with Gasteiger partial charge in [0.15, 0.2) is 0 Å². The van der Waals surface area contributed by atoms with E-state index in [1.165, 1.54) is 24.2 Å². The molecule has 0 aliphatic rings. The number of carbonyl (C=O) groups is 1. The van der Waals surface area contributed by atoms with Crippen LogP contribution in [0.4, 0.5) is 10.1 Å². The highest BCUT2D eigenvalue weighted by molar-refractivity contribution is 9.10. The Morgan fingerprint density at radius 3 is 2.85 bits per heavy atom. The normalized spacial score (nSPS) is 10.4. The molecule has 0 radical (unpaired) electrons. The maximum absolute atomic E-state index is 13.8. The summed E-state index contributed by atoms with van der Waals surface area (Å²) in [6, 6.07) is 7.75. The molecule has 0 unspecified atom stereocenters. The van der Waals surface area contributed by atoms with Crippen LogP contribution in [-0.2, 0) is 6.54 Å². The molecule has 6 heteroatoms. The van der Waals surface area contributed by atoms with Crippen LogP contribution in [0.25, 0.3) is 0 Å². The molecular weight excluding hydrogens is 325 g/mol. The Kier molecular flexibility index (Phi) is 4.46. The first-order valence-corrected chi connectivity index (χ1v) is 6.70. The van der Waals surface area contributed by atoms with Crippen molar-refractivity contribution in [2.45, 2.75) is 6.54 Å². The van der Waals surface area contributed by atoms with E-state index >= 15 is 0 Å². The summed E-state index contributed by atoms with van der Waals surface area (Å²) in [5.74, 6) is -0.865. The van der Waals surface area contributed by atoms with Crippen LogP contribution in [0.3, 0.4) is 0 Å². The van der Waals surface area contributed by atoms with Gasteiger partial charge in [0.05, 0.1) is 5.69 Å². The molecule has 0 fully saturated rings. The van der Waals surface area contributed by atoms with Crippen LogP contribution in [0.2, 0.25) is 0 Å². The molecule has 2 N–H and O–H groups in total. The third-order valence-electron chi connectivity index (χ3n) is 2.85. The largest absolute Gasteiger partial charge is 0.326 e. The maximum Gasteiger partial charge on any atom is 0.276 e. The summed E-state index contributed by atoms with van der Waals surface area (Å²) in [6.07, 6.45) is 1.51. The minimum Gasteiger partial charge on any atom is -0.326 e. The fourth-order valence-electron chi connectivity index (χ4n) is 1.74. The molecular formula is C14H13BrFN3O. The number of carbonyl (C=O) groups excluding carboxylic acids is 1. The van der Waals surface area contributed by atoms with Gasteiger partial charge < -0.3 is 10.6 Å². The van der Waals surface area contributed by atoms with Gasteiger partial charge in [0.2, 0.25) is 0 Å². The van der Waals surface area contributed by atoms with Crippen LogP contribution in [0.1, 0.15) is 16.1 Å². The summed E-state index contributed by atoms with van der Waals surface area (Å²) in [6.45, 7) is 0.317. The molecule has 1 aromatic carbocycles. The van der Waals surface area contributed by atoms with E-state index in [1.54, 1.807) is 24.3 Å². The molecule has 2 rings (SSSR count). The molecule has 20 heavy (non-hydrogen) atoms. The highest BCUT2D eigenvalue weighted by Crippen LogP contribution is 2.24. The van der Waals surface area contributed by atoms with Crippen LogP contribution in [-0.4, -0.2) is 17.9 Å². The van der Waals surface area contributed by atoms with Gasteiger partial charge in [-0.2, -0.15) is 0 Å². The Bertz CT molecular complexity index is 648. The number of amides is 1. The average molecular weight is 338 g/mol. The van der Waals surface area contributed by atoms with Gasteiger partial charge in [-0.1, -0.05) is 15.9 Å².